The number of benzene rings is 3. The fraction of sp³-hybridized carbons (Fsp3) is 0.333. The number of sulfonamides is 1. The Kier molecular flexibility index (Phi) is 10.7. The van der Waals surface area contributed by atoms with Crippen molar-refractivity contribution in [2.24, 2.45) is 5.92 Å². The third kappa shape index (κ3) is 9.21. The van der Waals surface area contributed by atoms with E-state index in [1.807, 2.05) is 75.4 Å². The summed E-state index contributed by atoms with van der Waals surface area (Å²) in [5.41, 5.74) is 3.19. The van der Waals surface area contributed by atoms with Gasteiger partial charge in [-0.15, -0.1) is 0 Å². The van der Waals surface area contributed by atoms with E-state index < -0.39 is 28.5 Å². The topological polar surface area (TPSA) is 86.8 Å². The number of amides is 2. The van der Waals surface area contributed by atoms with Crippen LogP contribution in [0.3, 0.4) is 0 Å². The van der Waals surface area contributed by atoms with Gasteiger partial charge in [-0.05, 0) is 48.2 Å². The Morgan fingerprint density at radius 1 is 0.897 bits per heavy atom. The lowest BCUT2D eigenvalue weighted by molar-refractivity contribution is -0.140. The zero-order valence-corrected chi connectivity index (χ0v) is 25.2. The lowest BCUT2D eigenvalue weighted by Gasteiger charge is -2.33. The molecule has 0 aromatic heterocycles. The fourth-order valence-electron chi connectivity index (χ4n) is 4.09. The molecule has 0 heterocycles. The summed E-state index contributed by atoms with van der Waals surface area (Å²) in [6, 6.07) is 23.1. The van der Waals surface area contributed by atoms with Crippen molar-refractivity contribution in [1.82, 2.24) is 10.2 Å². The largest absolute Gasteiger partial charge is 0.354 e. The highest BCUT2D eigenvalue weighted by Crippen LogP contribution is 2.22. The van der Waals surface area contributed by atoms with E-state index in [-0.39, 0.29) is 18.4 Å². The molecule has 208 valence electrons. The second kappa shape index (κ2) is 13.8. The third-order valence-electron chi connectivity index (χ3n) is 6.22. The number of carbonyl (C=O) groups excluding carboxylic acids is 2. The Balaban J connectivity index is 2.03. The summed E-state index contributed by atoms with van der Waals surface area (Å²) >= 11 is 3.36. The Morgan fingerprint density at radius 2 is 1.51 bits per heavy atom. The van der Waals surface area contributed by atoms with Crippen molar-refractivity contribution in [1.29, 1.82) is 0 Å². The summed E-state index contributed by atoms with van der Waals surface area (Å²) < 4.78 is 27.5. The number of rotatable bonds is 12. The third-order valence-corrected chi connectivity index (χ3v) is 7.89. The molecular formula is C30H36BrN3O4S. The maximum absolute atomic E-state index is 14.0. The van der Waals surface area contributed by atoms with Gasteiger partial charge in [0.25, 0.3) is 0 Å². The van der Waals surface area contributed by atoms with Crippen LogP contribution in [-0.4, -0.2) is 50.5 Å². The molecule has 0 fully saturated rings. The van der Waals surface area contributed by atoms with E-state index in [1.54, 1.807) is 24.3 Å². The molecular weight excluding hydrogens is 578 g/mol. The van der Waals surface area contributed by atoms with Gasteiger partial charge in [-0.2, -0.15) is 0 Å². The summed E-state index contributed by atoms with van der Waals surface area (Å²) in [5, 5.41) is 2.98. The van der Waals surface area contributed by atoms with Gasteiger partial charge in [0.05, 0.1) is 11.9 Å². The Labute approximate surface area is 240 Å². The van der Waals surface area contributed by atoms with E-state index in [1.165, 1.54) is 4.90 Å². The molecule has 0 aliphatic heterocycles. The SMILES string of the molecule is Cc1ccc(CN(C(=O)CN(c2ccc(Br)cc2)S(C)(=O)=O)C(Cc2ccccc2)C(=O)NCC(C)C)cc1. The first-order chi connectivity index (χ1) is 18.4. The lowest BCUT2D eigenvalue weighted by atomic mass is 10.0. The minimum absolute atomic E-state index is 0.156. The van der Waals surface area contributed by atoms with Crippen molar-refractivity contribution in [2.75, 3.05) is 23.7 Å². The number of halogens is 1. The molecule has 1 N–H and O–H groups in total. The van der Waals surface area contributed by atoms with Gasteiger partial charge in [0, 0.05) is 24.0 Å². The molecule has 7 nitrogen and oxygen atoms in total. The normalized spacial score (nSPS) is 12.2. The second-order valence-electron chi connectivity index (χ2n) is 10.1. The lowest BCUT2D eigenvalue weighted by Crippen LogP contribution is -2.53. The molecule has 3 aromatic carbocycles. The molecule has 0 bridgehead atoms. The molecule has 3 aromatic rings. The van der Waals surface area contributed by atoms with Crippen LogP contribution in [0.5, 0.6) is 0 Å². The number of nitrogens with one attached hydrogen (secondary N) is 1. The summed E-state index contributed by atoms with van der Waals surface area (Å²) in [5.74, 6) is -0.516. The maximum atomic E-state index is 14.0. The first-order valence-electron chi connectivity index (χ1n) is 12.8. The average molecular weight is 615 g/mol. The van der Waals surface area contributed by atoms with E-state index in [0.29, 0.717) is 18.7 Å². The van der Waals surface area contributed by atoms with E-state index >= 15 is 0 Å². The molecule has 2 amide bonds. The molecule has 0 spiro atoms. The fourth-order valence-corrected chi connectivity index (χ4v) is 5.20. The highest BCUT2D eigenvalue weighted by atomic mass is 79.9. The predicted molar refractivity (Wildman–Crippen MR) is 160 cm³/mol. The number of hydrogen-bond acceptors (Lipinski definition) is 4. The van der Waals surface area contributed by atoms with Crippen LogP contribution in [0.1, 0.15) is 30.5 Å². The van der Waals surface area contributed by atoms with Gasteiger partial charge >= 0.3 is 0 Å². The van der Waals surface area contributed by atoms with Gasteiger partial charge in [0.15, 0.2) is 0 Å². The van der Waals surface area contributed by atoms with Gasteiger partial charge in [-0.3, -0.25) is 13.9 Å². The van der Waals surface area contributed by atoms with Crippen LogP contribution < -0.4 is 9.62 Å². The van der Waals surface area contributed by atoms with Crippen LogP contribution in [0.15, 0.2) is 83.3 Å². The van der Waals surface area contributed by atoms with Crippen molar-refractivity contribution in [3.8, 4) is 0 Å². The van der Waals surface area contributed by atoms with Gasteiger partial charge in [-0.25, -0.2) is 8.42 Å². The van der Waals surface area contributed by atoms with E-state index in [0.717, 1.165) is 31.7 Å². The van der Waals surface area contributed by atoms with E-state index in [9.17, 15) is 18.0 Å². The first kappa shape index (κ1) is 30.4. The molecule has 0 saturated heterocycles. The molecule has 1 atom stereocenters. The molecule has 3 rings (SSSR count). The van der Waals surface area contributed by atoms with Gasteiger partial charge in [0.2, 0.25) is 21.8 Å². The van der Waals surface area contributed by atoms with Crippen molar-refractivity contribution in [3.05, 3.63) is 100 Å². The number of nitrogens with zero attached hydrogens (tertiary/aromatic N) is 2. The highest BCUT2D eigenvalue weighted by molar-refractivity contribution is 9.10. The molecule has 0 aliphatic carbocycles. The smallest absolute Gasteiger partial charge is 0.244 e. The first-order valence-corrected chi connectivity index (χ1v) is 15.5. The average Bonchev–Trinajstić information content (AvgIpc) is 2.89. The minimum atomic E-state index is -3.79. The van der Waals surface area contributed by atoms with E-state index in [4.69, 9.17) is 0 Å². The number of hydrogen-bond donors (Lipinski definition) is 1. The summed E-state index contributed by atoms with van der Waals surface area (Å²) in [6.45, 7) is 6.17. The standard InChI is InChI=1S/C30H36BrN3O4S/c1-22(2)19-32-30(36)28(18-24-8-6-5-7-9-24)33(20-25-12-10-23(3)11-13-25)29(35)21-34(39(4,37)38)27-16-14-26(31)15-17-27/h5-17,22,28H,18-21H2,1-4H3,(H,32,36). The van der Waals surface area contributed by atoms with Gasteiger partial charge in [0.1, 0.15) is 12.6 Å². The van der Waals surface area contributed by atoms with Crippen LogP contribution in [0.4, 0.5) is 5.69 Å². The molecule has 1 unspecified atom stereocenters. The second-order valence-corrected chi connectivity index (χ2v) is 12.9. The van der Waals surface area contributed by atoms with Crippen molar-refractivity contribution < 1.29 is 18.0 Å². The Morgan fingerprint density at radius 3 is 2.08 bits per heavy atom. The molecule has 0 radical (unpaired) electrons. The van der Waals surface area contributed by atoms with Crippen molar-refractivity contribution in [2.45, 2.75) is 39.8 Å². The van der Waals surface area contributed by atoms with Gasteiger partial charge in [-0.1, -0.05) is 89.9 Å². The molecule has 0 saturated carbocycles. The summed E-state index contributed by atoms with van der Waals surface area (Å²) in [7, 11) is -3.79. The minimum Gasteiger partial charge on any atom is -0.354 e. The highest BCUT2D eigenvalue weighted by Gasteiger charge is 2.33. The Bertz CT molecular complexity index is 1350. The summed E-state index contributed by atoms with van der Waals surface area (Å²) in [6.07, 6.45) is 1.36. The molecule has 39 heavy (non-hydrogen) atoms. The van der Waals surface area contributed by atoms with Crippen LogP contribution >= 0.6 is 15.9 Å². The van der Waals surface area contributed by atoms with Crippen LogP contribution in [0, 0.1) is 12.8 Å². The molecule has 0 aliphatic rings. The van der Waals surface area contributed by atoms with Crippen LogP contribution in [0.2, 0.25) is 0 Å². The molecule has 9 heteroatoms. The quantitative estimate of drug-likeness (QED) is 0.314. The number of anilines is 1. The van der Waals surface area contributed by atoms with Gasteiger partial charge < -0.3 is 10.2 Å². The van der Waals surface area contributed by atoms with E-state index in [2.05, 4.69) is 21.2 Å². The van der Waals surface area contributed by atoms with Crippen LogP contribution in [0.25, 0.3) is 0 Å². The predicted octanol–water partition coefficient (Wildman–Crippen LogP) is 4.94. The number of carbonyl (C=O) groups is 2. The number of aryl methyl sites for hydroxylation is 1. The maximum Gasteiger partial charge on any atom is 0.244 e. The van der Waals surface area contributed by atoms with Crippen molar-refractivity contribution in [3.63, 3.8) is 0 Å². The summed E-state index contributed by atoms with van der Waals surface area (Å²) in [4.78, 5) is 29.1. The van der Waals surface area contributed by atoms with Crippen LogP contribution in [-0.2, 0) is 32.6 Å². The zero-order chi connectivity index (χ0) is 28.6. The zero-order valence-electron chi connectivity index (χ0n) is 22.8. The Hall–Kier alpha value is -3.17. The monoisotopic (exact) mass is 613 g/mol. The van der Waals surface area contributed by atoms with Crippen molar-refractivity contribution >= 4 is 43.5 Å².